The minimum absolute atomic E-state index is 0.170. The summed E-state index contributed by atoms with van der Waals surface area (Å²) in [6.45, 7) is 0. The van der Waals surface area contributed by atoms with Crippen LogP contribution in [0.2, 0.25) is 0 Å². The van der Waals surface area contributed by atoms with Gasteiger partial charge in [-0.2, -0.15) is 0 Å². The van der Waals surface area contributed by atoms with Gasteiger partial charge < -0.3 is 4.74 Å². The van der Waals surface area contributed by atoms with Crippen LogP contribution in [-0.2, 0) is 11.2 Å². The minimum atomic E-state index is 0.170. The first-order valence-electron chi connectivity index (χ1n) is 8.66. The molecule has 4 heteroatoms. The molecule has 1 atom stereocenters. The highest BCUT2D eigenvalue weighted by atomic mass is 32.2. The van der Waals surface area contributed by atoms with Crippen LogP contribution in [0.1, 0.15) is 48.0 Å². The molecule has 1 aromatic carbocycles. The lowest BCUT2D eigenvalue weighted by molar-refractivity contribution is 0.0519. The zero-order valence-electron chi connectivity index (χ0n) is 13.6. The van der Waals surface area contributed by atoms with E-state index in [-0.39, 0.29) is 5.92 Å². The molecule has 1 unspecified atom stereocenters. The van der Waals surface area contributed by atoms with E-state index in [1.165, 1.54) is 22.8 Å². The number of aliphatic imine (C=N–C) groups is 1. The van der Waals surface area contributed by atoms with Gasteiger partial charge in [-0.05, 0) is 68.0 Å². The Balaban J connectivity index is 1.52. The number of ketones is 1. The summed E-state index contributed by atoms with van der Waals surface area (Å²) in [5, 5.41) is 1.30. The zero-order chi connectivity index (χ0) is 15.8. The second kappa shape index (κ2) is 6.40. The lowest BCUT2D eigenvalue weighted by Gasteiger charge is -2.27. The fraction of sp³-hybridized carbons (Fsp3) is 0.579. The molecule has 122 valence electrons. The number of ether oxygens (including phenoxy) is 1. The number of nitrogens with zero attached hydrogens (tertiary/aromatic N) is 1. The summed E-state index contributed by atoms with van der Waals surface area (Å²) in [5.41, 5.74) is 3.22. The maximum Gasteiger partial charge on any atom is 0.165 e. The second-order valence-corrected chi connectivity index (χ2v) is 8.02. The summed E-state index contributed by atoms with van der Waals surface area (Å²) in [6, 6.07) is 6.14. The second-order valence-electron chi connectivity index (χ2n) is 6.91. The monoisotopic (exact) mass is 329 g/mol. The predicted octanol–water partition coefficient (Wildman–Crippen LogP) is 4.41. The Bertz CT molecular complexity index is 647. The number of benzene rings is 1. The number of hydrogen-bond donors (Lipinski definition) is 0. The Hall–Kier alpha value is -1.13. The van der Waals surface area contributed by atoms with Crippen molar-refractivity contribution in [1.82, 2.24) is 0 Å². The molecule has 0 N–H and O–H groups in total. The molecule has 1 saturated carbocycles. The Morgan fingerprint density at radius 1 is 1.22 bits per heavy atom. The Morgan fingerprint density at radius 3 is 2.83 bits per heavy atom. The highest BCUT2D eigenvalue weighted by Gasteiger charge is 2.30. The first-order valence-corrected chi connectivity index (χ1v) is 9.64. The van der Waals surface area contributed by atoms with Gasteiger partial charge in [0.15, 0.2) is 5.78 Å². The zero-order valence-corrected chi connectivity index (χ0v) is 14.4. The molecule has 2 heterocycles. The van der Waals surface area contributed by atoms with Crippen molar-refractivity contribution in [3.63, 3.8) is 0 Å². The Kier molecular flexibility index (Phi) is 4.29. The fourth-order valence-corrected chi connectivity index (χ4v) is 5.26. The molecule has 3 aliphatic rings. The quantitative estimate of drug-likeness (QED) is 0.771. The topological polar surface area (TPSA) is 38.7 Å². The number of hydrogen-bond acceptors (Lipinski definition) is 4. The van der Waals surface area contributed by atoms with Gasteiger partial charge in [-0.25, -0.2) is 4.99 Å². The summed E-state index contributed by atoms with van der Waals surface area (Å²) in [4.78, 5) is 17.6. The number of carbonyl (C=O) groups is 1. The number of fused-ring (bicyclic) bond motifs is 2. The molecule has 1 aromatic rings. The molecular weight excluding hydrogens is 306 g/mol. The van der Waals surface area contributed by atoms with Crippen molar-refractivity contribution in [2.75, 3.05) is 12.9 Å². The maximum atomic E-state index is 12.8. The van der Waals surface area contributed by atoms with Crippen molar-refractivity contribution >= 4 is 28.3 Å². The van der Waals surface area contributed by atoms with Gasteiger partial charge in [0, 0.05) is 24.5 Å². The summed E-state index contributed by atoms with van der Waals surface area (Å²) in [5.74, 6) is 2.27. The van der Waals surface area contributed by atoms with Gasteiger partial charge in [-0.1, -0.05) is 0 Å². The van der Waals surface area contributed by atoms with Crippen LogP contribution in [0.15, 0.2) is 23.2 Å². The van der Waals surface area contributed by atoms with Gasteiger partial charge in [0.2, 0.25) is 0 Å². The highest BCUT2D eigenvalue weighted by molar-refractivity contribution is 8.14. The van der Waals surface area contributed by atoms with Crippen molar-refractivity contribution < 1.29 is 9.53 Å². The van der Waals surface area contributed by atoms with E-state index in [1.54, 1.807) is 7.11 Å². The third kappa shape index (κ3) is 2.99. The third-order valence-electron chi connectivity index (χ3n) is 5.50. The van der Waals surface area contributed by atoms with Gasteiger partial charge >= 0.3 is 0 Å². The molecule has 1 aliphatic carbocycles. The van der Waals surface area contributed by atoms with Crippen LogP contribution in [0.5, 0.6) is 0 Å². The molecule has 0 aromatic heterocycles. The van der Waals surface area contributed by atoms with Crippen molar-refractivity contribution in [3.8, 4) is 0 Å². The van der Waals surface area contributed by atoms with E-state index in [9.17, 15) is 4.79 Å². The van der Waals surface area contributed by atoms with Crippen LogP contribution >= 0.6 is 11.8 Å². The number of carbonyl (C=O) groups excluding carboxylic acids is 1. The van der Waals surface area contributed by atoms with Crippen molar-refractivity contribution in [2.45, 2.75) is 44.6 Å². The summed E-state index contributed by atoms with van der Waals surface area (Å²) in [7, 11) is 1.77. The van der Waals surface area contributed by atoms with E-state index in [2.05, 4.69) is 6.07 Å². The molecule has 0 radical (unpaired) electrons. The molecule has 23 heavy (non-hydrogen) atoms. The number of Topliss-reactive ketones (excluding diaryl/α,β-unsaturated/α-hetero) is 1. The van der Waals surface area contributed by atoms with E-state index in [0.717, 1.165) is 43.4 Å². The van der Waals surface area contributed by atoms with Gasteiger partial charge in [-0.3, -0.25) is 4.79 Å². The Morgan fingerprint density at radius 2 is 2.04 bits per heavy atom. The third-order valence-corrected chi connectivity index (χ3v) is 6.67. The number of rotatable bonds is 3. The molecule has 0 amide bonds. The van der Waals surface area contributed by atoms with E-state index < -0.39 is 0 Å². The molecule has 1 saturated heterocycles. The molecule has 4 rings (SSSR count). The minimum Gasteiger partial charge on any atom is -0.381 e. The summed E-state index contributed by atoms with van der Waals surface area (Å²) < 4.78 is 5.41. The average molecular weight is 329 g/mol. The molecule has 0 bridgehead atoms. The SMILES string of the molecule is COC1CCC(C(=O)c2ccc3c(c2)CC2CCSC2=N3)CC1. The summed E-state index contributed by atoms with van der Waals surface area (Å²) >= 11 is 1.90. The van der Waals surface area contributed by atoms with Gasteiger partial charge in [0.1, 0.15) is 0 Å². The van der Waals surface area contributed by atoms with Crippen molar-refractivity contribution in [2.24, 2.45) is 16.8 Å². The van der Waals surface area contributed by atoms with E-state index in [0.29, 0.717) is 17.8 Å². The highest BCUT2D eigenvalue weighted by Crippen LogP contribution is 2.39. The number of thioether (sulfide) groups is 1. The van der Waals surface area contributed by atoms with Crippen LogP contribution in [0.25, 0.3) is 0 Å². The maximum absolute atomic E-state index is 12.8. The molecular formula is C19H23NO2S. The lowest BCUT2D eigenvalue weighted by atomic mass is 9.82. The predicted molar refractivity (Wildman–Crippen MR) is 94.9 cm³/mol. The van der Waals surface area contributed by atoms with Crippen molar-refractivity contribution in [1.29, 1.82) is 0 Å². The standard InChI is InChI=1S/C19H23NO2S/c1-22-16-5-2-12(3-6-16)18(21)13-4-7-17-15(10-13)11-14-8-9-23-19(14)20-17/h4,7,10,12,14,16H,2-3,5-6,8-9,11H2,1H3. The average Bonchev–Trinajstić information content (AvgIpc) is 3.06. The van der Waals surface area contributed by atoms with Crippen molar-refractivity contribution in [3.05, 3.63) is 29.3 Å². The molecule has 2 aliphatic heterocycles. The van der Waals surface area contributed by atoms with Gasteiger partial charge in [-0.15, -0.1) is 11.8 Å². The molecule has 2 fully saturated rings. The first kappa shape index (κ1) is 15.4. The summed E-state index contributed by atoms with van der Waals surface area (Å²) in [6.07, 6.45) is 6.54. The van der Waals surface area contributed by atoms with Crippen LogP contribution in [0, 0.1) is 11.8 Å². The smallest absolute Gasteiger partial charge is 0.165 e. The van der Waals surface area contributed by atoms with Gasteiger partial charge in [0.25, 0.3) is 0 Å². The molecule has 3 nitrogen and oxygen atoms in total. The van der Waals surface area contributed by atoms with E-state index in [4.69, 9.17) is 9.73 Å². The van der Waals surface area contributed by atoms with Crippen LogP contribution in [0.4, 0.5) is 5.69 Å². The fourth-order valence-electron chi connectivity index (χ4n) is 4.05. The normalized spacial score (nSPS) is 29.6. The lowest BCUT2D eigenvalue weighted by Crippen LogP contribution is -2.25. The van der Waals surface area contributed by atoms with E-state index >= 15 is 0 Å². The van der Waals surface area contributed by atoms with Crippen LogP contribution < -0.4 is 0 Å². The van der Waals surface area contributed by atoms with Gasteiger partial charge in [0.05, 0.1) is 16.8 Å². The van der Waals surface area contributed by atoms with Crippen LogP contribution in [0.3, 0.4) is 0 Å². The largest absolute Gasteiger partial charge is 0.381 e. The van der Waals surface area contributed by atoms with Crippen LogP contribution in [-0.4, -0.2) is 29.8 Å². The molecule has 0 spiro atoms. The Labute approximate surface area is 141 Å². The number of methoxy groups -OCH3 is 1. The van der Waals surface area contributed by atoms with E-state index in [1.807, 2.05) is 23.9 Å². The first-order chi connectivity index (χ1) is 11.2.